The Hall–Kier alpha value is -2.38. The van der Waals surface area contributed by atoms with Crippen molar-refractivity contribution < 1.29 is 27.8 Å². The third kappa shape index (κ3) is 5.58. The minimum Gasteiger partial charge on any atom is -0.466 e. The van der Waals surface area contributed by atoms with Crippen molar-refractivity contribution in [2.75, 3.05) is 31.6 Å². The maximum absolute atomic E-state index is 12.4. The van der Waals surface area contributed by atoms with Gasteiger partial charge in [-0.25, -0.2) is 0 Å². The normalized spacial score (nSPS) is 15.1. The molecule has 1 saturated heterocycles. The van der Waals surface area contributed by atoms with E-state index in [0.717, 1.165) is 0 Å². The summed E-state index contributed by atoms with van der Waals surface area (Å²) in [6, 6.07) is 6.21. The molecule has 1 aromatic carbocycles. The quantitative estimate of drug-likeness (QED) is 0.761. The van der Waals surface area contributed by atoms with E-state index >= 15 is 0 Å². The summed E-state index contributed by atoms with van der Waals surface area (Å²) in [4.78, 5) is 25.6. The first-order valence-corrected chi connectivity index (χ1v) is 8.23. The van der Waals surface area contributed by atoms with E-state index in [2.05, 4.69) is 10.1 Å². The predicted octanol–water partition coefficient (Wildman–Crippen LogP) is 2.50. The lowest BCUT2D eigenvalue weighted by Gasteiger charge is -2.31. The number of nitrogens with one attached hydrogen (secondary N) is 1. The van der Waals surface area contributed by atoms with Crippen molar-refractivity contribution in [1.29, 1.82) is 0 Å². The molecule has 138 valence electrons. The Morgan fingerprint density at radius 2 is 1.96 bits per heavy atom. The first-order valence-electron chi connectivity index (χ1n) is 8.23. The van der Waals surface area contributed by atoms with Gasteiger partial charge >= 0.3 is 12.6 Å². The number of piperidine rings is 1. The molecule has 2 rings (SSSR count). The molecule has 0 spiro atoms. The Morgan fingerprint density at radius 3 is 2.60 bits per heavy atom. The van der Waals surface area contributed by atoms with Gasteiger partial charge in [0.1, 0.15) is 5.75 Å². The van der Waals surface area contributed by atoms with Crippen molar-refractivity contribution in [1.82, 2.24) is 4.90 Å². The molecule has 1 N–H and O–H groups in total. The average molecular weight is 356 g/mol. The minimum atomic E-state index is -2.93. The number of anilines is 1. The van der Waals surface area contributed by atoms with E-state index in [1.54, 1.807) is 30.0 Å². The van der Waals surface area contributed by atoms with Gasteiger partial charge in [0.05, 0.1) is 24.8 Å². The number of halogens is 2. The Kier molecular flexibility index (Phi) is 6.97. The minimum absolute atomic E-state index is 0.00804. The molecule has 6 nitrogen and oxygen atoms in total. The van der Waals surface area contributed by atoms with Crippen LogP contribution in [0.4, 0.5) is 14.5 Å². The number of rotatable bonds is 7. The van der Waals surface area contributed by atoms with Gasteiger partial charge in [0.25, 0.3) is 0 Å². The summed E-state index contributed by atoms with van der Waals surface area (Å²) < 4.78 is 34.2. The second-order valence-electron chi connectivity index (χ2n) is 5.64. The van der Waals surface area contributed by atoms with Crippen LogP contribution in [0.25, 0.3) is 0 Å². The fraction of sp³-hybridized carbons (Fsp3) is 0.529. The van der Waals surface area contributed by atoms with Crippen LogP contribution in [0.2, 0.25) is 0 Å². The van der Waals surface area contributed by atoms with Gasteiger partial charge in [0.15, 0.2) is 0 Å². The molecule has 0 unspecified atom stereocenters. The van der Waals surface area contributed by atoms with Crippen LogP contribution in [0, 0.1) is 5.92 Å². The van der Waals surface area contributed by atoms with Gasteiger partial charge in [-0.3, -0.25) is 9.59 Å². The summed E-state index contributed by atoms with van der Waals surface area (Å²) in [5, 5.41) is 2.83. The molecule has 1 aromatic rings. The summed E-state index contributed by atoms with van der Waals surface area (Å²) in [5.74, 6) is -0.552. The van der Waals surface area contributed by atoms with E-state index in [1.807, 2.05) is 0 Å². The molecule has 1 aliphatic rings. The number of ether oxygens (including phenoxy) is 2. The highest BCUT2D eigenvalue weighted by atomic mass is 19.3. The monoisotopic (exact) mass is 356 g/mol. The van der Waals surface area contributed by atoms with Crippen LogP contribution in [0.1, 0.15) is 19.8 Å². The molecule has 0 aliphatic carbocycles. The SMILES string of the molecule is CCOC(=O)C1CCN(C(=O)CNc2ccccc2OC(F)F)CC1. The lowest BCUT2D eigenvalue weighted by molar-refractivity contribution is -0.151. The number of hydrogen-bond donors (Lipinski definition) is 1. The van der Waals surface area contributed by atoms with Crippen molar-refractivity contribution in [3.05, 3.63) is 24.3 Å². The second kappa shape index (κ2) is 9.19. The molecule has 0 aromatic heterocycles. The summed E-state index contributed by atoms with van der Waals surface area (Å²) in [6.07, 6.45) is 1.13. The fourth-order valence-electron chi connectivity index (χ4n) is 2.72. The Balaban J connectivity index is 1.83. The Morgan fingerprint density at radius 1 is 1.28 bits per heavy atom. The maximum atomic E-state index is 12.4. The van der Waals surface area contributed by atoms with Crippen LogP contribution in [0.5, 0.6) is 5.75 Å². The van der Waals surface area contributed by atoms with Crippen molar-refractivity contribution in [2.45, 2.75) is 26.4 Å². The molecule has 0 saturated carbocycles. The van der Waals surface area contributed by atoms with Crippen LogP contribution < -0.4 is 10.1 Å². The molecule has 1 fully saturated rings. The van der Waals surface area contributed by atoms with Crippen LogP contribution in [-0.2, 0) is 14.3 Å². The van der Waals surface area contributed by atoms with Gasteiger partial charge < -0.3 is 19.7 Å². The van der Waals surface area contributed by atoms with Crippen molar-refractivity contribution in [2.24, 2.45) is 5.92 Å². The zero-order valence-electron chi connectivity index (χ0n) is 14.0. The van der Waals surface area contributed by atoms with E-state index in [4.69, 9.17) is 4.74 Å². The van der Waals surface area contributed by atoms with E-state index in [-0.39, 0.29) is 30.1 Å². The van der Waals surface area contributed by atoms with Crippen LogP contribution in [-0.4, -0.2) is 49.6 Å². The number of esters is 1. The number of nitrogens with zero attached hydrogens (tertiary/aromatic N) is 1. The molecule has 25 heavy (non-hydrogen) atoms. The van der Waals surface area contributed by atoms with Gasteiger partial charge in [0.2, 0.25) is 5.91 Å². The summed E-state index contributed by atoms with van der Waals surface area (Å²) in [7, 11) is 0. The number of alkyl halides is 2. The zero-order valence-corrected chi connectivity index (χ0v) is 14.0. The van der Waals surface area contributed by atoms with Crippen molar-refractivity contribution >= 4 is 17.6 Å². The van der Waals surface area contributed by atoms with Crippen LogP contribution >= 0.6 is 0 Å². The smallest absolute Gasteiger partial charge is 0.387 e. The largest absolute Gasteiger partial charge is 0.466 e. The van der Waals surface area contributed by atoms with Gasteiger partial charge in [-0.15, -0.1) is 0 Å². The highest BCUT2D eigenvalue weighted by Gasteiger charge is 2.28. The molecule has 8 heteroatoms. The van der Waals surface area contributed by atoms with Crippen LogP contribution in [0.3, 0.4) is 0 Å². The zero-order chi connectivity index (χ0) is 18.2. The molecule has 1 amide bonds. The summed E-state index contributed by atoms with van der Waals surface area (Å²) in [6.45, 7) is 0.0897. The second-order valence-corrected chi connectivity index (χ2v) is 5.64. The molecule has 1 heterocycles. The summed E-state index contributed by atoms with van der Waals surface area (Å²) >= 11 is 0. The fourth-order valence-corrected chi connectivity index (χ4v) is 2.72. The van der Waals surface area contributed by atoms with E-state index < -0.39 is 6.61 Å². The Bertz CT molecular complexity index is 590. The summed E-state index contributed by atoms with van der Waals surface area (Å²) in [5.41, 5.74) is 0.331. The van der Waals surface area contributed by atoms with Gasteiger partial charge in [-0.05, 0) is 31.9 Å². The molecule has 0 bridgehead atoms. The third-order valence-electron chi connectivity index (χ3n) is 4.00. The lowest BCUT2D eigenvalue weighted by Crippen LogP contribution is -2.43. The van der Waals surface area contributed by atoms with Crippen molar-refractivity contribution in [3.63, 3.8) is 0 Å². The van der Waals surface area contributed by atoms with Crippen LogP contribution in [0.15, 0.2) is 24.3 Å². The molecule has 0 radical (unpaired) electrons. The van der Waals surface area contributed by atoms with Gasteiger partial charge in [-0.2, -0.15) is 8.78 Å². The highest BCUT2D eigenvalue weighted by Crippen LogP contribution is 2.25. The lowest BCUT2D eigenvalue weighted by atomic mass is 9.97. The average Bonchev–Trinajstić information content (AvgIpc) is 2.60. The number of carbonyl (C=O) groups excluding carboxylic acids is 2. The topological polar surface area (TPSA) is 67.9 Å². The third-order valence-corrected chi connectivity index (χ3v) is 4.00. The molecular formula is C17H22F2N2O4. The standard InChI is InChI=1S/C17H22F2N2O4/c1-2-24-16(23)12-7-9-21(10-8-12)15(22)11-20-13-5-3-4-6-14(13)25-17(18)19/h3-6,12,17,20H,2,7-11H2,1H3. The molecule has 1 aliphatic heterocycles. The number of para-hydroxylation sites is 2. The van der Waals surface area contributed by atoms with Gasteiger partial charge in [0, 0.05) is 13.1 Å². The van der Waals surface area contributed by atoms with E-state index in [0.29, 0.717) is 38.2 Å². The van der Waals surface area contributed by atoms with Crippen molar-refractivity contribution in [3.8, 4) is 5.75 Å². The first kappa shape index (κ1) is 19.0. The first-order chi connectivity index (χ1) is 12.0. The number of hydrogen-bond acceptors (Lipinski definition) is 5. The number of benzene rings is 1. The molecular weight excluding hydrogens is 334 g/mol. The number of likely N-dealkylation sites (tertiary alicyclic amines) is 1. The highest BCUT2D eigenvalue weighted by molar-refractivity contribution is 5.82. The number of carbonyl (C=O) groups is 2. The van der Waals surface area contributed by atoms with E-state index in [9.17, 15) is 18.4 Å². The number of amides is 1. The predicted molar refractivity (Wildman–Crippen MR) is 87.5 cm³/mol. The van der Waals surface area contributed by atoms with Gasteiger partial charge in [-0.1, -0.05) is 12.1 Å². The molecule has 0 atom stereocenters. The van der Waals surface area contributed by atoms with E-state index in [1.165, 1.54) is 6.07 Å². The Labute approximate surface area is 145 Å². The maximum Gasteiger partial charge on any atom is 0.387 e.